The van der Waals surface area contributed by atoms with E-state index in [0.717, 1.165) is 39.4 Å². The standard InChI is InChI=1S/C17H28N4O.HI/c1-14(2)11-19-17(18)20-12-15-3-5-16(6-4-15)13-21-7-9-22-10-8-21;/h3-6,14H,7-13H2,1-2H3,(H3,18,19,20);1H. The van der Waals surface area contributed by atoms with Crippen LogP contribution in [0.3, 0.4) is 0 Å². The van der Waals surface area contributed by atoms with Gasteiger partial charge in [-0.15, -0.1) is 24.0 Å². The van der Waals surface area contributed by atoms with Gasteiger partial charge in [-0.05, 0) is 17.0 Å². The van der Waals surface area contributed by atoms with Gasteiger partial charge < -0.3 is 15.8 Å². The maximum atomic E-state index is 5.84. The Labute approximate surface area is 156 Å². The molecule has 3 N–H and O–H groups in total. The van der Waals surface area contributed by atoms with Crippen LogP contribution in [0.15, 0.2) is 29.3 Å². The van der Waals surface area contributed by atoms with Crippen LogP contribution in [0.2, 0.25) is 0 Å². The van der Waals surface area contributed by atoms with Gasteiger partial charge in [0.1, 0.15) is 0 Å². The van der Waals surface area contributed by atoms with Crippen LogP contribution < -0.4 is 11.1 Å². The zero-order valence-electron chi connectivity index (χ0n) is 14.1. The average molecular weight is 432 g/mol. The number of ether oxygens (including phenoxy) is 1. The molecule has 130 valence electrons. The van der Waals surface area contributed by atoms with Gasteiger partial charge in [0.2, 0.25) is 0 Å². The number of nitrogens with one attached hydrogen (secondary N) is 1. The Kier molecular flexibility index (Phi) is 9.50. The Morgan fingerprint density at radius 2 is 1.83 bits per heavy atom. The molecule has 0 bridgehead atoms. The second-order valence-corrected chi connectivity index (χ2v) is 6.18. The van der Waals surface area contributed by atoms with Gasteiger partial charge in [0.25, 0.3) is 0 Å². The highest BCUT2D eigenvalue weighted by molar-refractivity contribution is 14.0. The molecule has 1 aliphatic rings. The highest BCUT2D eigenvalue weighted by Crippen LogP contribution is 2.10. The summed E-state index contributed by atoms with van der Waals surface area (Å²) in [6, 6.07) is 8.63. The van der Waals surface area contributed by atoms with Gasteiger partial charge in [0.15, 0.2) is 5.96 Å². The van der Waals surface area contributed by atoms with Gasteiger partial charge in [-0.2, -0.15) is 0 Å². The number of guanidine groups is 1. The van der Waals surface area contributed by atoms with Gasteiger partial charge in [-0.1, -0.05) is 38.1 Å². The van der Waals surface area contributed by atoms with Crippen LogP contribution in [0.5, 0.6) is 0 Å². The molecule has 0 amide bonds. The van der Waals surface area contributed by atoms with Crippen LogP contribution in [0.1, 0.15) is 25.0 Å². The molecule has 0 atom stereocenters. The molecule has 1 aliphatic heterocycles. The number of hydrogen-bond donors (Lipinski definition) is 2. The van der Waals surface area contributed by atoms with Crippen LogP contribution in [-0.4, -0.2) is 43.7 Å². The number of aliphatic imine (C=N–C) groups is 1. The van der Waals surface area contributed by atoms with E-state index in [4.69, 9.17) is 10.5 Å². The van der Waals surface area contributed by atoms with Crippen LogP contribution >= 0.6 is 24.0 Å². The monoisotopic (exact) mass is 432 g/mol. The molecule has 0 unspecified atom stereocenters. The van der Waals surface area contributed by atoms with E-state index in [1.165, 1.54) is 11.1 Å². The summed E-state index contributed by atoms with van der Waals surface area (Å²) in [7, 11) is 0. The Bertz CT molecular complexity index is 470. The van der Waals surface area contributed by atoms with Gasteiger partial charge in [-0.25, -0.2) is 4.99 Å². The molecule has 23 heavy (non-hydrogen) atoms. The molecule has 0 aliphatic carbocycles. The summed E-state index contributed by atoms with van der Waals surface area (Å²) in [4.78, 5) is 6.79. The molecule has 1 aromatic rings. The number of halogens is 1. The Morgan fingerprint density at radius 3 is 2.43 bits per heavy atom. The third-order valence-electron chi connectivity index (χ3n) is 3.66. The first kappa shape index (κ1) is 20.2. The molecule has 1 aromatic carbocycles. The van der Waals surface area contributed by atoms with E-state index in [1.807, 2.05) is 0 Å². The molecular weight excluding hydrogens is 403 g/mol. The third-order valence-corrected chi connectivity index (χ3v) is 3.66. The first-order valence-electron chi connectivity index (χ1n) is 8.05. The van der Waals surface area contributed by atoms with E-state index in [2.05, 4.69) is 53.3 Å². The SMILES string of the molecule is CC(C)CNC(N)=NCc1ccc(CN2CCOCC2)cc1.I. The summed E-state index contributed by atoms with van der Waals surface area (Å²) in [6.07, 6.45) is 0. The number of rotatable bonds is 6. The third kappa shape index (κ3) is 7.99. The predicted molar refractivity (Wildman–Crippen MR) is 106 cm³/mol. The zero-order valence-corrected chi connectivity index (χ0v) is 16.5. The summed E-state index contributed by atoms with van der Waals surface area (Å²) in [5, 5.41) is 3.13. The molecule has 0 aromatic heterocycles. The second-order valence-electron chi connectivity index (χ2n) is 6.18. The fraction of sp³-hybridized carbons (Fsp3) is 0.588. The maximum absolute atomic E-state index is 5.84. The Morgan fingerprint density at radius 1 is 1.22 bits per heavy atom. The van der Waals surface area contributed by atoms with Crippen molar-refractivity contribution in [2.75, 3.05) is 32.8 Å². The maximum Gasteiger partial charge on any atom is 0.188 e. The van der Waals surface area contributed by atoms with Crippen molar-refractivity contribution in [1.82, 2.24) is 10.2 Å². The van der Waals surface area contributed by atoms with Crippen LogP contribution in [-0.2, 0) is 17.8 Å². The topological polar surface area (TPSA) is 62.9 Å². The number of nitrogens with zero attached hydrogens (tertiary/aromatic N) is 2. The fourth-order valence-electron chi connectivity index (χ4n) is 2.31. The summed E-state index contributed by atoms with van der Waals surface area (Å²) < 4.78 is 5.37. The molecule has 0 radical (unpaired) electrons. The highest BCUT2D eigenvalue weighted by Gasteiger charge is 2.10. The Hall–Kier alpha value is -0.860. The smallest absolute Gasteiger partial charge is 0.188 e. The molecule has 6 heteroatoms. The summed E-state index contributed by atoms with van der Waals surface area (Å²) in [5.41, 5.74) is 8.36. The van der Waals surface area contributed by atoms with Crippen molar-refractivity contribution in [3.63, 3.8) is 0 Å². The second kappa shape index (κ2) is 10.8. The van der Waals surface area contributed by atoms with Crippen molar-refractivity contribution in [1.29, 1.82) is 0 Å². The number of nitrogens with two attached hydrogens (primary N) is 1. The van der Waals surface area contributed by atoms with Crippen molar-refractivity contribution in [3.8, 4) is 0 Å². The first-order valence-corrected chi connectivity index (χ1v) is 8.05. The fourth-order valence-corrected chi connectivity index (χ4v) is 2.31. The lowest BCUT2D eigenvalue weighted by molar-refractivity contribution is 0.0342. The van der Waals surface area contributed by atoms with Gasteiger partial charge in [0.05, 0.1) is 19.8 Å². The quantitative estimate of drug-likeness (QED) is 0.411. The number of morpholine rings is 1. The van der Waals surface area contributed by atoms with E-state index < -0.39 is 0 Å². The molecular formula is C17H29IN4O. The lowest BCUT2D eigenvalue weighted by Crippen LogP contribution is -2.35. The zero-order chi connectivity index (χ0) is 15.8. The van der Waals surface area contributed by atoms with Gasteiger partial charge >= 0.3 is 0 Å². The Balaban J connectivity index is 0.00000264. The van der Waals surface area contributed by atoms with Crippen molar-refractivity contribution < 1.29 is 4.74 Å². The van der Waals surface area contributed by atoms with Crippen LogP contribution in [0.25, 0.3) is 0 Å². The van der Waals surface area contributed by atoms with Crippen molar-refractivity contribution in [3.05, 3.63) is 35.4 Å². The minimum Gasteiger partial charge on any atom is -0.379 e. The van der Waals surface area contributed by atoms with Crippen molar-refractivity contribution >= 4 is 29.9 Å². The number of hydrogen-bond acceptors (Lipinski definition) is 3. The lowest BCUT2D eigenvalue weighted by atomic mass is 10.1. The normalized spacial score (nSPS) is 16.2. The van der Waals surface area contributed by atoms with E-state index in [-0.39, 0.29) is 24.0 Å². The largest absolute Gasteiger partial charge is 0.379 e. The van der Waals surface area contributed by atoms with Crippen molar-refractivity contribution in [2.45, 2.75) is 26.9 Å². The van der Waals surface area contributed by atoms with Crippen LogP contribution in [0.4, 0.5) is 0 Å². The molecule has 1 heterocycles. The average Bonchev–Trinajstić information content (AvgIpc) is 2.53. The van der Waals surface area contributed by atoms with Gasteiger partial charge in [-0.3, -0.25) is 4.90 Å². The highest BCUT2D eigenvalue weighted by atomic mass is 127. The molecule has 1 fully saturated rings. The van der Waals surface area contributed by atoms with Gasteiger partial charge in [0, 0.05) is 26.2 Å². The van der Waals surface area contributed by atoms with E-state index in [1.54, 1.807) is 0 Å². The number of benzene rings is 1. The van der Waals surface area contributed by atoms with E-state index >= 15 is 0 Å². The predicted octanol–water partition coefficient (Wildman–Crippen LogP) is 2.20. The lowest BCUT2D eigenvalue weighted by Gasteiger charge is -2.26. The summed E-state index contributed by atoms with van der Waals surface area (Å²) >= 11 is 0. The molecule has 2 rings (SSSR count). The minimum atomic E-state index is 0. The molecule has 1 saturated heterocycles. The first-order chi connectivity index (χ1) is 10.6. The van der Waals surface area contributed by atoms with E-state index in [9.17, 15) is 0 Å². The molecule has 0 spiro atoms. The van der Waals surface area contributed by atoms with E-state index in [0.29, 0.717) is 18.4 Å². The molecule has 5 nitrogen and oxygen atoms in total. The summed E-state index contributed by atoms with van der Waals surface area (Å²) in [5.74, 6) is 1.08. The van der Waals surface area contributed by atoms with Crippen molar-refractivity contribution in [2.24, 2.45) is 16.6 Å². The molecule has 0 saturated carbocycles. The minimum absolute atomic E-state index is 0. The van der Waals surface area contributed by atoms with Crippen LogP contribution in [0, 0.1) is 5.92 Å². The summed E-state index contributed by atoms with van der Waals surface area (Å²) in [6.45, 7) is 10.5.